The molecule has 2 aliphatic heterocycles. The highest BCUT2D eigenvalue weighted by Gasteiger charge is 2.50. The summed E-state index contributed by atoms with van der Waals surface area (Å²) in [5.41, 5.74) is -0.00886. The van der Waals surface area contributed by atoms with Crippen LogP contribution in [0.4, 0.5) is 4.79 Å². The molecule has 0 saturated carbocycles. The van der Waals surface area contributed by atoms with E-state index in [1.807, 2.05) is 26.0 Å². The first kappa shape index (κ1) is 20.6. The Balaban J connectivity index is 1.80. The lowest BCUT2D eigenvalue weighted by atomic mass is 9.93. The van der Waals surface area contributed by atoms with Crippen molar-refractivity contribution in [2.24, 2.45) is 0 Å². The molecular formula is C20H26N4O5. The van der Waals surface area contributed by atoms with Crippen LogP contribution in [0.25, 0.3) is 0 Å². The zero-order valence-corrected chi connectivity index (χ0v) is 16.9. The molecule has 0 radical (unpaired) electrons. The van der Waals surface area contributed by atoms with E-state index in [1.165, 1.54) is 4.90 Å². The van der Waals surface area contributed by atoms with Gasteiger partial charge in [-0.1, -0.05) is 6.08 Å². The van der Waals surface area contributed by atoms with Gasteiger partial charge in [-0.05, 0) is 38.0 Å². The van der Waals surface area contributed by atoms with Gasteiger partial charge in [-0.15, -0.1) is 0 Å². The van der Waals surface area contributed by atoms with Crippen LogP contribution < -0.4 is 10.6 Å². The Hall–Kier alpha value is -3.10. The van der Waals surface area contributed by atoms with E-state index in [0.29, 0.717) is 37.4 Å². The summed E-state index contributed by atoms with van der Waals surface area (Å²) < 4.78 is 5.22. The number of nitrogens with one attached hydrogen (secondary N) is 2. The minimum atomic E-state index is -1.48. The summed E-state index contributed by atoms with van der Waals surface area (Å²) in [4.78, 5) is 53.3. The highest BCUT2D eigenvalue weighted by Crippen LogP contribution is 2.29. The number of hydrogen-bond acceptors (Lipinski definition) is 5. The summed E-state index contributed by atoms with van der Waals surface area (Å²) in [5.74, 6) is -0.361. The topological polar surface area (TPSA) is 108 Å². The second-order valence-corrected chi connectivity index (χ2v) is 7.25. The van der Waals surface area contributed by atoms with Crippen molar-refractivity contribution in [1.29, 1.82) is 0 Å². The van der Waals surface area contributed by atoms with E-state index >= 15 is 0 Å². The average molecular weight is 402 g/mol. The minimum Gasteiger partial charge on any atom is -0.497 e. The van der Waals surface area contributed by atoms with Gasteiger partial charge in [-0.3, -0.25) is 19.7 Å². The number of allylic oxidation sites excluding steroid dienone is 2. The molecule has 0 spiro atoms. The van der Waals surface area contributed by atoms with E-state index in [4.69, 9.17) is 4.74 Å². The van der Waals surface area contributed by atoms with E-state index in [0.717, 1.165) is 5.57 Å². The van der Waals surface area contributed by atoms with Crippen molar-refractivity contribution in [3.05, 3.63) is 35.1 Å². The van der Waals surface area contributed by atoms with Gasteiger partial charge in [-0.2, -0.15) is 0 Å². The molecule has 3 rings (SSSR count). The first-order chi connectivity index (χ1) is 13.8. The Morgan fingerprint density at radius 2 is 1.97 bits per heavy atom. The number of carbonyl (C=O) groups is 4. The van der Waals surface area contributed by atoms with Crippen LogP contribution in [-0.4, -0.2) is 72.4 Å². The molecule has 156 valence electrons. The second kappa shape index (κ2) is 8.10. The third kappa shape index (κ3) is 3.90. The number of imide groups is 1. The Morgan fingerprint density at radius 3 is 2.55 bits per heavy atom. The fraction of sp³-hybridized carbons (Fsp3) is 0.500. The summed E-state index contributed by atoms with van der Waals surface area (Å²) in [7, 11) is 1.57. The molecule has 1 unspecified atom stereocenters. The number of ether oxygens (including phenoxy) is 1. The van der Waals surface area contributed by atoms with E-state index in [1.54, 1.807) is 18.1 Å². The number of hydrogen-bond donors (Lipinski definition) is 2. The van der Waals surface area contributed by atoms with Crippen LogP contribution in [0.1, 0.15) is 26.7 Å². The molecular weight excluding hydrogens is 376 g/mol. The maximum absolute atomic E-state index is 13.0. The predicted octanol–water partition coefficient (Wildman–Crippen LogP) is 0.452. The van der Waals surface area contributed by atoms with Gasteiger partial charge in [0, 0.05) is 25.2 Å². The minimum absolute atomic E-state index is 0.0713. The van der Waals surface area contributed by atoms with Crippen molar-refractivity contribution in [1.82, 2.24) is 20.4 Å². The Labute approximate surface area is 169 Å². The molecule has 1 saturated heterocycles. The lowest BCUT2D eigenvalue weighted by Crippen LogP contribution is -2.58. The second-order valence-electron chi connectivity index (χ2n) is 7.25. The molecule has 0 aromatic rings. The monoisotopic (exact) mass is 402 g/mol. The van der Waals surface area contributed by atoms with Crippen LogP contribution in [0, 0.1) is 0 Å². The van der Waals surface area contributed by atoms with Gasteiger partial charge in [-0.25, -0.2) is 4.79 Å². The molecule has 5 amide bonds. The van der Waals surface area contributed by atoms with E-state index < -0.39 is 17.5 Å². The van der Waals surface area contributed by atoms with E-state index in [2.05, 4.69) is 10.6 Å². The molecule has 2 N–H and O–H groups in total. The molecule has 0 bridgehead atoms. The van der Waals surface area contributed by atoms with Crippen molar-refractivity contribution in [2.45, 2.75) is 32.2 Å². The van der Waals surface area contributed by atoms with Crippen LogP contribution in [0.3, 0.4) is 0 Å². The van der Waals surface area contributed by atoms with Crippen LogP contribution in [-0.2, 0) is 19.1 Å². The highest BCUT2D eigenvalue weighted by atomic mass is 16.5. The van der Waals surface area contributed by atoms with Crippen LogP contribution in [0.2, 0.25) is 0 Å². The van der Waals surface area contributed by atoms with Crippen LogP contribution in [0.15, 0.2) is 35.1 Å². The molecule has 0 aromatic heterocycles. The van der Waals surface area contributed by atoms with Crippen molar-refractivity contribution >= 4 is 23.8 Å². The third-order valence-electron chi connectivity index (χ3n) is 5.53. The van der Waals surface area contributed by atoms with Crippen molar-refractivity contribution in [3.63, 3.8) is 0 Å². The van der Waals surface area contributed by atoms with Crippen molar-refractivity contribution in [2.75, 3.05) is 33.3 Å². The molecule has 29 heavy (non-hydrogen) atoms. The number of amides is 5. The van der Waals surface area contributed by atoms with Gasteiger partial charge in [0.15, 0.2) is 0 Å². The zero-order valence-electron chi connectivity index (χ0n) is 16.9. The number of nitrogens with zero attached hydrogens (tertiary/aromatic N) is 2. The summed E-state index contributed by atoms with van der Waals surface area (Å²) in [5, 5.41) is 4.81. The molecule has 0 aromatic carbocycles. The summed E-state index contributed by atoms with van der Waals surface area (Å²) in [6.45, 7) is 4.93. The van der Waals surface area contributed by atoms with Gasteiger partial charge >= 0.3 is 6.03 Å². The maximum Gasteiger partial charge on any atom is 0.322 e. The van der Waals surface area contributed by atoms with Gasteiger partial charge in [0.05, 0.1) is 20.1 Å². The first-order valence-electron chi connectivity index (χ1n) is 9.68. The molecule has 1 aliphatic carbocycles. The van der Waals surface area contributed by atoms with Gasteiger partial charge in [0.25, 0.3) is 11.8 Å². The van der Waals surface area contributed by atoms with E-state index in [9.17, 15) is 19.2 Å². The fourth-order valence-electron chi connectivity index (χ4n) is 3.90. The Kier molecular flexibility index (Phi) is 5.76. The van der Waals surface area contributed by atoms with Crippen LogP contribution >= 0.6 is 0 Å². The standard InChI is InChI=1S/C20H26N4O5/c1-4-23(5-2)16(25)10-20(18(27)21-19(28)22-20)12-24-11-13-6-7-14(29-3)8-9-15(13)17(24)26/h6-8H,4-5,9-12H2,1-3H3,(H2,21,22,27,28). The number of carbonyl (C=O) groups excluding carboxylic acids is 4. The predicted molar refractivity (Wildman–Crippen MR) is 104 cm³/mol. The quantitative estimate of drug-likeness (QED) is 0.601. The fourth-order valence-corrected chi connectivity index (χ4v) is 3.90. The van der Waals surface area contributed by atoms with Crippen molar-refractivity contribution < 1.29 is 23.9 Å². The van der Waals surface area contributed by atoms with Gasteiger partial charge < -0.3 is 19.9 Å². The average Bonchev–Trinajstić information content (AvgIpc) is 3.02. The molecule has 3 aliphatic rings. The Morgan fingerprint density at radius 1 is 1.24 bits per heavy atom. The molecule has 9 nitrogen and oxygen atoms in total. The molecule has 1 atom stereocenters. The SMILES string of the molecule is CCN(CC)C(=O)CC1(CN2CC3=C(CC=C(OC)C=C3)C2=O)NC(=O)NC1=O. The normalized spacial score (nSPS) is 23.5. The lowest BCUT2D eigenvalue weighted by Gasteiger charge is -2.32. The molecule has 1 fully saturated rings. The van der Waals surface area contributed by atoms with Gasteiger partial charge in [0.2, 0.25) is 5.91 Å². The third-order valence-corrected chi connectivity index (χ3v) is 5.53. The molecule has 9 heteroatoms. The summed E-state index contributed by atoms with van der Waals surface area (Å²) in [6.07, 6.45) is 5.67. The van der Waals surface area contributed by atoms with Crippen LogP contribution in [0.5, 0.6) is 0 Å². The van der Waals surface area contributed by atoms with Gasteiger partial charge in [0.1, 0.15) is 11.3 Å². The summed E-state index contributed by atoms with van der Waals surface area (Å²) >= 11 is 0. The zero-order chi connectivity index (χ0) is 21.2. The lowest BCUT2D eigenvalue weighted by molar-refractivity contribution is -0.138. The first-order valence-corrected chi connectivity index (χ1v) is 9.68. The maximum atomic E-state index is 13.0. The van der Waals surface area contributed by atoms with E-state index in [-0.39, 0.29) is 24.8 Å². The van der Waals surface area contributed by atoms with Crippen molar-refractivity contribution in [3.8, 4) is 0 Å². The summed E-state index contributed by atoms with van der Waals surface area (Å²) in [6, 6.07) is -0.656. The number of methoxy groups -OCH3 is 1. The number of rotatable bonds is 7. The molecule has 2 heterocycles. The smallest absolute Gasteiger partial charge is 0.322 e. The Bertz CT molecular complexity index is 840. The largest absolute Gasteiger partial charge is 0.497 e. The highest BCUT2D eigenvalue weighted by molar-refractivity contribution is 6.09. The number of urea groups is 1.